The smallest absolute Gasteiger partial charge is 0.232 e. The molecule has 1 unspecified atom stereocenters. The number of hydrogen-bond acceptors (Lipinski definition) is 4. The Labute approximate surface area is 215 Å². The van der Waals surface area contributed by atoms with Crippen LogP contribution in [-0.4, -0.2) is 18.0 Å². The molecule has 1 heterocycles. The number of carbonyl (C=O) groups excluding carboxylic acids is 1. The minimum atomic E-state index is -0.761. The average Bonchev–Trinajstić information content (AvgIpc) is 3.37. The topological polar surface area (TPSA) is 51.2 Å². The van der Waals surface area contributed by atoms with Crippen molar-refractivity contribution in [2.45, 2.75) is 19.8 Å². The predicted octanol–water partition coefficient (Wildman–Crippen LogP) is 7.77. The van der Waals surface area contributed by atoms with Gasteiger partial charge in [-0.1, -0.05) is 92.7 Å². The van der Waals surface area contributed by atoms with Crippen molar-refractivity contribution in [1.29, 1.82) is 0 Å². The molecule has 180 valence electrons. The molecule has 1 atom stereocenters. The molecule has 0 aliphatic heterocycles. The fourth-order valence-corrected chi connectivity index (χ4v) is 5.41. The number of nitrogens with zero attached hydrogens (tertiary/aromatic N) is 1. The van der Waals surface area contributed by atoms with Crippen LogP contribution in [0.2, 0.25) is 0 Å². The number of carbonyl (C=O) groups is 1. The number of methoxy groups -OCH3 is 1. The molecule has 0 saturated heterocycles. The molecule has 0 aliphatic carbocycles. The number of thiazole rings is 1. The normalized spacial score (nSPS) is 12.3. The van der Waals surface area contributed by atoms with Crippen molar-refractivity contribution in [2.24, 2.45) is 5.41 Å². The third kappa shape index (κ3) is 4.75. The Bertz CT molecular complexity index is 1510. The first-order valence-electron chi connectivity index (χ1n) is 11.9. The monoisotopic (exact) mass is 492 g/mol. The molecule has 0 bridgehead atoms. The van der Waals surface area contributed by atoms with E-state index in [1.54, 1.807) is 7.11 Å². The van der Waals surface area contributed by atoms with Gasteiger partial charge in [0, 0.05) is 16.9 Å². The zero-order valence-corrected chi connectivity index (χ0v) is 21.4. The second-order valence-corrected chi connectivity index (χ2v) is 10.3. The number of ether oxygens (including phenoxy) is 1. The van der Waals surface area contributed by atoms with Gasteiger partial charge in [-0.15, -0.1) is 11.3 Å². The summed E-state index contributed by atoms with van der Waals surface area (Å²) >= 11 is 1.44. The van der Waals surface area contributed by atoms with Crippen molar-refractivity contribution in [3.63, 3.8) is 0 Å². The summed E-state index contributed by atoms with van der Waals surface area (Å²) in [6.45, 7) is 3.97. The third-order valence-corrected chi connectivity index (χ3v) is 7.39. The number of anilines is 1. The van der Waals surface area contributed by atoms with E-state index in [1.807, 2.05) is 67.8 Å². The van der Waals surface area contributed by atoms with Crippen LogP contribution in [0.5, 0.6) is 5.75 Å². The first kappa shape index (κ1) is 23.8. The largest absolute Gasteiger partial charge is 0.497 e. The molecule has 36 heavy (non-hydrogen) atoms. The van der Waals surface area contributed by atoms with Gasteiger partial charge in [0.1, 0.15) is 5.75 Å². The first-order valence-corrected chi connectivity index (χ1v) is 12.8. The van der Waals surface area contributed by atoms with Crippen LogP contribution in [0.15, 0.2) is 102 Å². The third-order valence-electron chi connectivity index (χ3n) is 6.64. The van der Waals surface area contributed by atoms with Crippen molar-refractivity contribution in [2.75, 3.05) is 12.4 Å². The Morgan fingerprint density at radius 3 is 2.36 bits per heavy atom. The quantitative estimate of drug-likeness (QED) is 0.252. The number of nitrogens with one attached hydrogen (secondary N) is 1. The SMILES string of the molecule is COc1cccc(C(c2ccccc2)C(C)(C)C(=O)Nc2nc(-c3ccc4ccccc4c3)cs2)c1. The predicted molar refractivity (Wildman–Crippen MR) is 149 cm³/mol. The molecule has 5 heteroatoms. The van der Waals surface area contributed by atoms with Crippen molar-refractivity contribution in [3.05, 3.63) is 114 Å². The molecule has 5 aromatic rings. The lowest BCUT2D eigenvalue weighted by molar-refractivity contribution is -0.124. The van der Waals surface area contributed by atoms with Gasteiger partial charge in [-0.05, 0) is 40.1 Å². The van der Waals surface area contributed by atoms with Crippen LogP contribution < -0.4 is 10.1 Å². The van der Waals surface area contributed by atoms with E-state index < -0.39 is 5.41 Å². The highest BCUT2D eigenvalue weighted by molar-refractivity contribution is 7.14. The maximum absolute atomic E-state index is 13.7. The van der Waals surface area contributed by atoms with E-state index in [4.69, 9.17) is 9.72 Å². The van der Waals surface area contributed by atoms with Crippen LogP contribution in [0, 0.1) is 5.41 Å². The van der Waals surface area contributed by atoms with E-state index in [0.29, 0.717) is 5.13 Å². The maximum atomic E-state index is 13.7. The van der Waals surface area contributed by atoms with Crippen molar-refractivity contribution >= 4 is 33.1 Å². The number of hydrogen-bond donors (Lipinski definition) is 1. The summed E-state index contributed by atoms with van der Waals surface area (Å²) in [6, 6.07) is 32.7. The highest BCUT2D eigenvalue weighted by Crippen LogP contribution is 2.43. The van der Waals surface area contributed by atoms with Crippen LogP contribution in [0.3, 0.4) is 0 Å². The molecular formula is C31H28N2O2S. The van der Waals surface area contributed by atoms with Crippen LogP contribution >= 0.6 is 11.3 Å². The number of rotatable bonds is 7. The fourth-order valence-electron chi connectivity index (χ4n) is 4.69. The first-order chi connectivity index (χ1) is 17.5. The van der Waals surface area contributed by atoms with E-state index in [2.05, 4.69) is 53.8 Å². The van der Waals surface area contributed by atoms with Crippen molar-refractivity contribution in [3.8, 4) is 17.0 Å². The van der Waals surface area contributed by atoms with Crippen molar-refractivity contribution < 1.29 is 9.53 Å². The minimum Gasteiger partial charge on any atom is -0.497 e. The zero-order valence-electron chi connectivity index (χ0n) is 20.6. The summed E-state index contributed by atoms with van der Waals surface area (Å²) in [5, 5.41) is 8.03. The second-order valence-electron chi connectivity index (χ2n) is 9.40. The van der Waals surface area contributed by atoms with Crippen LogP contribution in [0.4, 0.5) is 5.13 Å². The molecule has 4 aromatic carbocycles. The number of amides is 1. The van der Waals surface area contributed by atoms with Gasteiger partial charge >= 0.3 is 0 Å². The highest BCUT2D eigenvalue weighted by Gasteiger charge is 2.39. The van der Waals surface area contributed by atoms with E-state index in [-0.39, 0.29) is 11.8 Å². The molecule has 1 N–H and O–H groups in total. The standard InChI is InChI=1S/C31H28N2O2S/c1-31(2,28(22-11-5-4-6-12-22)25-14-9-15-26(19-25)35-3)29(34)33-30-32-27(20-36-30)24-17-16-21-10-7-8-13-23(21)18-24/h4-20,28H,1-3H3,(H,32,33,34). The summed E-state index contributed by atoms with van der Waals surface area (Å²) in [6.07, 6.45) is 0. The Balaban J connectivity index is 1.43. The molecular weight excluding hydrogens is 464 g/mol. The zero-order chi connectivity index (χ0) is 25.1. The van der Waals surface area contributed by atoms with E-state index in [9.17, 15) is 4.79 Å². The number of benzene rings is 4. The highest BCUT2D eigenvalue weighted by atomic mass is 32.1. The van der Waals surface area contributed by atoms with Crippen LogP contribution in [-0.2, 0) is 4.79 Å². The molecule has 0 radical (unpaired) electrons. The van der Waals surface area contributed by atoms with E-state index >= 15 is 0 Å². The number of aromatic nitrogens is 1. The summed E-state index contributed by atoms with van der Waals surface area (Å²) in [4.78, 5) is 18.5. The molecule has 0 spiro atoms. The fraction of sp³-hybridized carbons (Fsp3) is 0.161. The van der Waals surface area contributed by atoms with E-state index in [1.165, 1.54) is 22.1 Å². The molecule has 0 fully saturated rings. The van der Waals surface area contributed by atoms with Gasteiger partial charge in [0.25, 0.3) is 0 Å². The summed E-state index contributed by atoms with van der Waals surface area (Å²) in [5.41, 5.74) is 3.22. The van der Waals surface area contributed by atoms with Gasteiger partial charge in [-0.3, -0.25) is 4.79 Å². The van der Waals surface area contributed by atoms with Gasteiger partial charge in [0.05, 0.1) is 18.2 Å². The molecule has 1 amide bonds. The Kier molecular flexibility index (Phi) is 6.57. The molecule has 0 saturated carbocycles. The van der Waals surface area contributed by atoms with Crippen LogP contribution in [0.25, 0.3) is 22.0 Å². The van der Waals surface area contributed by atoms with Gasteiger partial charge in [0.15, 0.2) is 5.13 Å². The lowest BCUT2D eigenvalue weighted by Crippen LogP contribution is -2.37. The molecule has 5 rings (SSSR count). The second kappa shape index (κ2) is 9.96. The molecule has 1 aromatic heterocycles. The summed E-state index contributed by atoms with van der Waals surface area (Å²) < 4.78 is 5.47. The Hall–Kier alpha value is -3.96. The maximum Gasteiger partial charge on any atom is 0.232 e. The Morgan fingerprint density at radius 2 is 1.58 bits per heavy atom. The average molecular weight is 493 g/mol. The van der Waals surface area contributed by atoms with Gasteiger partial charge in [-0.25, -0.2) is 4.98 Å². The molecule has 0 aliphatic rings. The number of fused-ring (bicyclic) bond motifs is 1. The van der Waals surface area contributed by atoms with Gasteiger partial charge in [0.2, 0.25) is 5.91 Å². The van der Waals surface area contributed by atoms with Gasteiger partial charge < -0.3 is 10.1 Å². The van der Waals surface area contributed by atoms with E-state index in [0.717, 1.165) is 28.1 Å². The lowest BCUT2D eigenvalue weighted by atomic mass is 9.70. The van der Waals surface area contributed by atoms with Gasteiger partial charge in [-0.2, -0.15) is 0 Å². The summed E-state index contributed by atoms with van der Waals surface area (Å²) in [7, 11) is 1.66. The van der Waals surface area contributed by atoms with Crippen molar-refractivity contribution in [1.82, 2.24) is 4.98 Å². The molecule has 4 nitrogen and oxygen atoms in total. The Morgan fingerprint density at radius 1 is 0.861 bits per heavy atom. The lowest BCUT2D eigenvalue weighted by Gasteiger charge is -2.34. The van der Waals surface area contributed by atoms with Crippen LogP contribution in [0.1, 0.15) is 30.9 Å². The minimum absolute atomic E-state index is 0.0846. The summed E-state index contributed by atoms with van der Waals surface area (Å²) in [5.74, 6) is 0.511.